The zero-order valence-corrected chi connectivity index (χ0v) is 11.9. The molecule has 4 nitrogen and oxygen atoms in total. The first-order valence-corrected chi connectivity index (χ1v) is 6.66. The van der Waals surface area contributed by atoms with Crippen LogP contribution in [-0.2, 0) is 9.59 Å². The van der Waals surface area contributed by atoms with Gasteiger partial charge in [0.2, 0.25) is 11.8 Å². The first kappa shape index (κ1) is 15.2. The summed E-state index contributed by atoms with van der Waals surface area (Å²) < 4.78 is 0. The standard InChI is InChI=1S/C15H22N2O2/c1-4-5-6-14(18)16-10-15(19)17-13-9-11(2)7-8-12(13)3/h7-9H,4-6,10H2,1-3H3,(H,16,18)(H,17,19). The molecule has 2 N–H and O–H groups in total. The van der Waals surface area contributed by atoms with Crippen LogP contribution in [0.15, 0.2) is 18.2 Å². The number of carbonyl (C=O) groups is 2. The minimum Gasteiger partial charge on any atom is -0.347 e. The van der Waals surface area contributed by atoms with Gasteiger partial charge in [-0.3, -0.25) is 9.59 Å². The molecule has 0 aliphatic heterocycles. The fraction of sp³-hybridized carbons (Fsp3) is 0.467. The summed E-state index contributed by atoms with van der Waals surface area (Å²) in [6, 6.07) is 5.88. The van der Waals surface area contributed by atoms with Crippen LogP contribution in [0.5, 0.6) is 0 Å². The second-order valence-electron chi connectivity index (χ2n) is 4.75. The van der Waals surface area contributed by atoms with Crippen LogP contribution in [0.4, 0.5) is 5.69 Å². The molecule has 0 heterocycles. The zero-order chi connectivity index (χ0) is 14.3. The fourth-order valence-electron chi connectivity index (χ4n) is 1.67. The van der Waals surface area contributed by atoms with Crippen molar-refractivity contribution in [3.8, 4) is 0 Å². The van der Waals surface area contributed by atoms with Gasteiger partial charge in [-0.15, -0.1) is 0 Å². The minimum absolute atomic E-state index is 0.0237. The highest BCUT2D eigenvalue weighted by atomic mass is 16.2. The molecule has 0 bridgehead atoms. The highest BCUT2D eigenvalue weighted by Crippen LogP contribution is 2.15. The summed E-state index contributed by atoms with van der Waals surface area (Å²) in [5, 5.41) is 5.43. The zero-order valence-electron chi connectivity index (χ0n) is 11.9. The second kappa shape index (κ2) is 7.56. The van der Waals surface area contributed by atoms with Gasteiger partial charge in [0, 0.05) is 12.1 Å². The topological polar surface area (TPSA) is 58.2 Å². The van der Waals surface area contributed by atoms with Crippen molar-refractivity contribution in [1.29, 1.82) is 0 Å². The molecule has 4 heteroatoms. The van der Waals surface area contributed by atoms with Gasteiger partial charge in [0.15, 0.2) is 0 Å². The number of benzene rings is 1. The maximum absolute atomic E-state index is 11.7. The molecule has 1 aromatic carbocycles. The van der Waals surface area contributed by atoms with Crippen LogP contribution in [-0.4, -0.2) is 18.4 Å². The number of hydrogen-bond donors (Lipinski definition) is 2. The third-order valence-corrected chi connectivity index (χ3v) is 2.87. The number of rotatable bonds is 6. The van der Waals surface area contributed by atoms with Crippen LogP contribution >= 0.6 is 0 Å². The lowest BCUT2D eigenvalue weighted by atomic mass is 10.1. The molecule has 0 fully saturated rings. The van der Waals surface area contributed by atoms with E-state index in [2.05, 4.69) is 10.6 Å². The van der Waals surface area contributed by atoms with Crippen LogP contribution < -0.4 is 10.6 Å². The van der Waals surface area contributed by atoms with Gasteiger partial charge in [0.25, 0.3) is 0 Å². The molecule has 1 aromatic rings. The maximum atomic E-state index is 11.7. The highest BCUT2D eigenvalue weighted by Gasteiger charge is 2.07. The SMILES string of the molecule is CCCCC(=O)NCC(=O)Nc1cc(C)ccc1C. The Morgan fingerprint density at radius 1 is 1.16 bits per heavy atom. The summed E-state index contributed by atoms with van der Waals surface area (Å²) in [6.07, 6.45) is 2.31. The Kier molecular flexibility index (Phi) is 6.06. The molecule has 0 aliphatic carbocycles. The average Bonchev–Trinajstić information content (AvgIpc) is 2.38. The lowest BCUT2D eigenvalue weighted by Crippen LogP contribution is -2.32. The minimum atomic E-state index is -0.196. The van der Waals surface area contributed by atoms with Crippen LogP contribution in [0.1, 0.15) is 37.3 Å². The van der Waals surface area contributed by atoms with E-state index in [1.807, 2.05) is 39.0 Å². The average molecular weight is 262 g/mol. The van der Waals surface area contributed by atoms with E-state index in [1.54, 1.807) is 0 Å². The van der Waals surface area contributed by atoms with Crippen LogP contribution in [0.3, 0.4) is 0 Å². The van der Waals surface area contributed by atoms with Crippen molar-refractivity contribution >= 4 is 17.5 Å². The van der Waals surface area contributed by atoms with Gasteiger partial charge >= 0.3 is 0 Å². The molecule has 19 heavy (non-hydrogen) atoms. The highest BCUT2D eigenvalue weighted by molar-refractivity contribution is 5.95. The molecule has 0 spiro atoms. The molecular formula is C15H22N2O2. The molecule has 0 atom stereocenters. The normalized spacial score (nSPS) is 10.1. The van der Waals surface area contributed by atoms with Gasteiger partial charge in [0.1, 0.15) is 0 Å². The predicted molar refractivity (Wildman–Crippen MR) is 77.1 cm³/mol. The number of nitrogens with one attached hydrogen (secondary N) is 2. The molecular weight excluding hydrogens is 240 g/mol. The van der Waals surface area contributed by atoms with Gasteiger partial charge < -0.3 is 10.6 Å². The summed E-state index contributed by atoms with van der Waals surface area (Å²) in [4.78, 5) is 23.1. The van der Waals surface area contributed by atoms with Crippen molar-refractivity contribution < 1.29 is 9.59 Å². The van der Waals surface area contributed by atoms with Crippen molar-refractivity contribution in [3.63, 3.8) is 0 Å². The maximum Gasteiger partial charge on any atom is 0.243 e. The summed E-state index contributed by atoms with van der Waals surface area (Å²) in [5.74, 6) is -0.267. The molecule has 0 aromatic heterocycles. The third-order valence-electron chi connectivity index (χ3n) is 2.87. The van der Waals surface area contributed by atoms with E-state index in [0.717, 1.165) is 29.7 Å². The van der Waals surface area contributed by atoms with E-state index in [4.69, 9.17) is 0 Å². The molecule has 0 unspecified atom stereocenters. The van der Waals surface area contributed by atoms with Gasteiger partial charge in [-0.05, 0) is 37.5 Å². The number of hydrogen-bond acceptors (Lipinski definition) is 2. The number of carbonyl (C=O) groups excluding carboxylic acids is 2. The number of unbranched alkanes of at least 4 members (excludes halogenated alkanes) is 1. The molecule has 104 valence electrons. The van der Waals surface area contributed by atoms with E-state index in [9.17, 15) is 9.59 Å². The third kappa shape index (κ3) is 5.55. The molecule has 0 radical (unpaired) electrons. The summed E-state index contributed by atoms with van der Waals surface area (Å²) in [7, 11) is 0. The molecule has 0 saturated carbocycles. The van der Waals surface area contributed by atoms with Crippen LogP contribution in [0.2, 0.25) is 0 Å². The van der Waals surface area contributed by atoms with E-state index in [1.165, 1.54) is 0 Å². The molecule has 0 aliphatic rings. The summed E-state index contributed by atoms with van der Waals surface area (Å²) >= 11 is 0. The van der Waals surface area contributed by atoms with Gasteiger partial charge in [0.05, 0.1) is 6.54 Å². The van der Waals surface area contributed by atoms with E-state index in [-0.39, 0.29) is 18.4 Å². The summed E-state index contributed by atoms with van der Waals surface area (Å²) in [5.41, 5.74) is 2.90. The predicted octanol–water partition coefficient (Wildman–Crippen LogP) is 2.55. The first-order chi connectivity index (χ1) is 9.02. The van der Waals surface area contributed by atoms with Gasteiger partial charge in [-0.1, -0.05) is 25.5 Å². The van der Waals surface area contributed by atoms with Crippen LogP contribution in [0.25, 0.3) is 0 Å². The van der Waals surface area contributed by atoms with Gasteiger partial charge in [-0.2, -0.15) is 0 Å². The van der Waals surface area contributed by atoms with Crippen molar-refractivity contribution in [2.45, 2.75) is 40.0 Å². The van der Waals surface area contributed by atoms with Crippen molar-refractivity contribution in [2.75, 3.05) is 11.9 Å². The lowest BCUT2D eigenvalue weighted by molar-refractivity contribution is -0.124. The van der Waals surface area contributed by atoms with Gasteiger partial charge in [-0.25, -0.2) is 0 Å². The molecule has 1 rings (SSSR count). The Hall–Kier alpha value is -1.84. The fourth-order valence-corrected chi connectivity index (χ4v) is 1.67. The number of anilines is 1. The van der Waals surface area contributed by atoms with Crippen molar-refractivity contribution in [1.82, 2.24) is 5.32 Å². The Bertz CT molecular complexity index is 455. The quantitative estimate of drug-likeness (QED) is 0.827. The van der Waals surface area contributed by atoms with Crippen LogP contribution in [0, 0.1) is 13.8 Å². The largest absolute Gasteiger partial charge is 0.347 e. The smallest absolute Gasteiger partial charge is 0.243 e. The monoisotopic (exact) mass is 262 g/mol. The Labute approximate surface area is 114 Å². The molecule has 0 saturated heterocycles. The Morgan fingerprint density at radius 3 is 2.58 bits per heavy atom. The first-order valence-electron chi connectivity index (χ1n) is 6.66. The Morgan fingerprint density at radius 2 is 1.89 bits per heavy atom. The Balaban J connectivity index is 2.43. The van der Waals surface area contributed by atoms with Crippen molar-refractivity contribution in [2.24, 2.45) is 0 Å². The van der Waals surface area contributed by atoms with E-state index >= 15 is 0 Å². The summed E-state index contributed by atoms with van der Waals surface area (Å²) in [6.45, 7) is 5.97. The molecule has 2 amide bonds. The second-order valence-corrected chi connectivity index (χ2v) is 4.75. The van der Waals surface area contributed by atoms with E-state index < -0.39 is 0 Å². The van der Waals surface area contributed by atoms with E-state index in [0.29, 0.717) is 6.42 Å². The lowest BCUT2D eigenvalue weighted by Gasteiger charge is -2.10. The number of amides is 2. The number of aryl methyl sites for hydroxylation is 2. The van der Waals surface area contributed by atoms with Crippen molar-refractivity contribution in [3.05, 3.63) is 29.3 Å².